The summed E-state index contributed by atoms with van der Waals surface area (Å²) in [6, 6.07) is 0. The quantitative estimate of drug-likeness (QED) is 0.437. The van der Waals surface area contributed by atoms with E-state index in [4.69, 9.17) is 10.8 Å². The van der Waals surface area contributed by atoms with Crippen LogP contribution in [-0.2, 0) is 4.79 Å². The van der Waals surface area contributed by atoms with Crippen LogP contribution in [0.25, 0.3) is 0 Å². The minimum absolute atomic E-state index is 0. The number of hydrogen-bond donors (Lipinski definition) is 2. The van der Waals surface area contributed by atoms with E-state index in [1.54, 1.807) is 6.92 Å². The molecule has 0 radical (unpaired) electrons. The molecule has 0 aliphatic rings. The first-order valence-corrected chi connectivity index (χ1v) is 8.34. The van der Waals surface area contributed by atoms with E-state index in [1.807, 2.05) is 0 Å². The molecule has 3 N–H and O–H groups in total. The van der Waals surface area contributed by atoms with Crippen LogP contribution in [0.5, 0.6) is 0 Å². The Morgan fingerprint density at radius 2 is 1.24 bits per heavy atom. The van der Waals surface area contributed by atoms with Crippen molar-refractivity contribution < 1.29 is 9.90 Å². The van der Waals surface area contributed by atoms with Gasteiger partial charge in [0.05, 0.1) is 0 Å². The second-order valence-electron chi connectivity index (χ2n) is 6.31. The molecule has 0 saturated heterocycles. The van der Waals surface area contributed by atoms with E-state index in [0.29, 0.717) is 0 Å². The van der Waals surface area contributed by atoms with Crippen molar-refractivity contribution in [3.63, 3.8) is 0 Å². The van der Waals surface area contributed by atoms with E-state index in [-0.39, 0.29) is 41.5 Å². The van der Waals surface area contributed by atoms with Crippen molar-refractivity contribution in [1.82, 2.24) is 0 Å². The first kappa shape index (κ1) is 26.3. The molecule has 3 nitrogen and oxygen atoms in total. The molecule has 4 heteroatoms. The van der Waals surface area contributed by atoms with E-state index < -0.39 is 5.97 Å². The van der Waals surface area contributed by atoms with Gasteiger partial charge in [-0.1, -0.05) is 71.6 Å². The van der Waals surface area contributed by atoms with Crippen molar-refractivity contribution in [3.05, 3.63) is 0 Å². The third kappa shape index (κ3) is 33.3. The average Bonchev–Trinajstić information content (AvgIpc) is 2.36. The summed E-state index contributed by atoms with van der Waals surface area (Å²) < 4.78 is 0. The molecule has 0 rings (SSSR count). The Kier molecular flexibility index (Phi) is 23.2. The number of rotatable bonds is 11. The summed E-state index contributed by atoms with van der Waals surface area (Å²) in [5, 5.41) is 7.72. The number of hydrogen-bond acceptors (Lipinski definition) is 2. The van der Waals surface area contributed by atoms with Crippen molar-refractivity contribution in [2.75, 3.05) is 0 Å². The fourth-order valence-corrected chi connectivity index (χ4v) is 1.89. The van der Waals surface area contributed by atoms with Gasteiger partial charge in [0, 0.05) is 12.0 Å². The number of carbonyl (C=O) groups is 1. The van der Waals surface area contributed by atoms with Gasteiger partial charge < -0.3 is 10.8 Å². The zero-order valence-electron chi connectivity index (χ0n) is 14.2. The van der Waals surface area contributed by atoms with Crippen LogP contribution in [0.1, 0.15) is 98.3 Å². The topological polar surface area (TPSA) is 63.3 Å². The summed E-state index contributed by atoms with van der Waals surface area (Å²) in [4.78, 5) is 9.37. The predicted octanol–water partition coefficient (Wildman–Crippen LogP) is 4.48. The summed E-state index contributed by atoms with van der Waals surface area (Å²) in [5.41, 5.74) is 5.97. The Bertz CT molecular complexity index is 215. The molecule has 0 aliphatic heterocycles. The SMILES string of the molecule is CCC(=O)O.CCCCCCCCCCCC(C)(C)N.[NaH]. The van der Waals surface area contributed by atoms with Crippen LogP contribution in [0.3, 0.4) is 0 Å². The Morgan fingerprint density at radius 3 is 1.52 bits per heavy atom. The molecule has 0 bridgehead atoms. The molecule has 21 heavy (non-hydrogen) atoms. The average molecular weight is 311 g/mol. The maximum atomic E-state index is 9.37. The normalized spacial score (nSPS) is 10.3. The monoisotopic (exact) mass is 311 g/mol. The molecule has 0 fully saturated rings. The first-order valence-electron chi connectivity index (χ1n) is 8.34. The van der Waals surface area contributed by atoms with Crippen LogP contribution < -0.4 is 5.73 Å². The summed E-state index contributed by atoms with van der Waals surface area (Å²) in [6.07, 6.45) is 14.0. The van der Waals surface area contributed by atoms with E-state index in [0.717, 1.165) is 0 Å². The van der Waals surface area contributed by atoms with E-state index in [1.165, 1.54) is 64.2 Å². The molecule has 0 heterocycles. The van der Waals surface area contributed by atoms with Gasteiger partial charge in [-0.25, -0.2) is 0 Å². The zero-order valence-corrected chi connectivity index (χ0v) is 14.2. The van der Waals surface area contributed by atoms with E-state index >= 15 is 0 Å². The van der Waals surface area contributed by atoms with Crippen LogP contribution in [0, 0.1) is 0 Å². The molecule has 0 aromatic rings. The second kappa shape index (κ2) is 18.5. The van der Waals surface area contributed by atoms with Crippen LogP contribution >= 0.6 is 0 Å². The van der Waals surface area contributed by atoms with Gasteiger partial charge in [-0.2, -0.15) is 0 Å². The Labute approximate surface area is 154 Å². The standard InChI is InChI=1S/C14H31N.C3H6O2.Na.H/c1-4-5-6-7-8-9-10-11-12-13-14(2,3)15;1-2-3(4)5;;/h4-13,15H2,1-3H3;2H2,1H3,(H,4,5);;. The third-order valence-corrected chi connectivity index (χ3v) is 3.23. The van der Waals surface area contributed by atoms with Gasteiger partial charge in [0.2, 0.25) is 0 Å². The Balaban J connectivity index is -0.000000465. The maximum absolute atomic E-state index is 9.37. The van der Waals surface area contributed by atoms with Gasteiger partial charge in [-0.15, -0.1) is 0 Å². The van der Waals surface area contributed by atoms with E-state index in [2.05, 4.69) is 20.8 Å². The molecule has 0 aromatic heterocycles. The summed E-state index contributed by atoms with van der Waals surface area (Å²) in [6.45, 7) is 8.12. The van der Waals surface area contributed by atoms with Crippen molar-refractivity contribution in [2.45, 2.75) is 104 Å². The first-order chi connectivity index (χ1) is 9.33. The summed E-state index contributed by atoms with van der Waals surface area (Å²) in [7, 11) is 0. The van der Waals surface area contributed by atoms with Crippen molar-refractivity contribution in [1.29, 1.82) is 0 Å². The zero-order chi connectivity index (χ0) is 15.9. The Morgan fingerprint density at radius 1 is 0.905 bits per heavy atom. The fourth-order valence-electron chi connectivity index (χ4n) is 1.89. The van der Waals surface area contributed by atoms with Gasteiger partial charge in [-0.3, -0.25) is 4.79 Å². The minimum atomic E-state index is -0.745. The van der Waals surface area contributed by atoms with Crippen molar-refractivity contribution in [3.8, 4) is 0 Å². The predicted molar refractivity (Wildman–Crippen MR) is 95.2 cm³/mol. The number of unbranched alkanes of at least 4 members (excludes halogenated alkanes) is 8. The van der Waals surface area contributed by atoms with Crippen LogP contribution in [-0.4, -0.2) is 46.2 Å². The van der Waals surface area contributed by atoms with Gasteiger partial charge in [0.25, 0.3) is 0 Å². The molecule has 0 aromatic carbocycles. The van der Waals surface area contributed by atoms with Gasteiger partial charge in [0.15, 0.2) is 0 Å². The summed E-state index contributed by atoms with van der Waals surface area (Å²) in [5.74, 6) is -0.745. The number of carboxylic acid groups (broad SMARTS) is 1. The molecule has 0 atom stereocenters. The van der Waals surface area contributed by atoms with Crippen molar-refractivity contribution >= 4 is 35.5 Å². The third-order valence-electron chi connectivity index (χ3n) is 3.23. The van der Waals surface area contributed by atoms with Crippen LogP contribution in [0.4, 0.5) is 0 Å². The molecule has 0 spiro atoms. The second-order valence-corrected chi connectivity index (χ2v) is 6.31. The van der Waals surface area contributed by atoms with Crippen LogP contribution in [0.15, 0.2) is 0 Å². The van der Waals surface area contributed by atoms with Crippen LogP contribution in [0.2, 0.25) is 0 Å². The van der Waals surface area contributed by atoms with E-state index in [9.17, 15) is 4.79 Å². The summed E-state index contributed by atoms with van der Waals surface area (Å²) >= 11 is 0. The fraction of sp³-hybridized carbons (Fsp3) is 0.941. The van der Waals surface area contributed by atoms with Crippen molar-refractivity contribution in [2.24, 2.45) is 5.73 Å². The number of nitrogens with two attached hydrogens (primary N) is 1. The van der Waals surface area contributed by atoms with Gasteiger partial charge >= 0.3 is 35.5 Å². The molecule has 0 saturated carbocycles. The molecular weight excluding hydrogens is 273 g/mol. The molecular formula is C17H38NNaO2. The Hall–Kier alpha value is 0.430. The molecule has 0 aliphatic carbocycles. The number of aliphatic carboxylic acids is 1. The molecule has 124 valence electrons. The molecule has 0 unspecified atom stereocenters. The number of carboxylic acids is 1. The molecule has 0 amide bonds. The van der Waals surface area contributed by atoms with Gasteiger partial charge in [-0.05, 0) is 20.3 Å². The van der Waals surface area contributed by atoms with Gasteiger partial charge in [0.1, 0.15) is 0 Å².